The molecular formula is C64H58N4O17. The maximum absolute atomic E-state index is 13.4. The Balaban J connectivity index is 1.19. The first-order chi connectivity index (χ1) is 41.2. The van der Waals surface area contributed by atoms with Crippen molar-refractivity contribution in [3.63, 3.8) is 0 Å². The van der Waals surface area contributed by atoms with Crippen molar-refractivity contribution in [2.75, 3.05) is 33.0 Å². The Morgan fingerprint density at radius 3 is 1.34 bits per heavy atom. The van der Waals surface area contributed by atoms with Crippen LogP contribution in [0.15, 0.2) is 135 Å². The van der Waals surface area contributed by atoms with E-state index < -0.39 is 111 Å². The second-order valence-corrected chi connectivity index (χ2v) is 18.9. The van der Waals surface area contributed by atoms with Gasteiger partial charge in [0.05, 0.1) is 42.1 Å². The summed E-state index contributed by atoms with van der Waals surface area (Å²) < 4.78 is 62.1. The average Bonchev–Trinajstić information content (AvgIpc) is 2.15. The number of carbonyl (C=O) groups excluding carboxylic acids is 4. The molecule has 21 heteroatoms. The minimum Gasteiger partial charge on any atom is -0.491 e. The van der Waals surface area contributed by atoms with Crippen LogP contribution < -0.4 is 9.47 Å². The molecule has 2 aliphatic heterocycles. The van der Waals surface area contributed by atoms with E-state index in [1.807, 2.05) is 0 Å². The maximum atomic E-state index is 13.4. The number of hydrogen-bond donors (Lipinski definition) is 3. The molecule has 6 heterocycles. The lowest BCUT2D eigenvalue weighted by atomic mass is 9.89. The van der Waals surface area contributed by atoms with Crippen LogP contribution in [-0.4, -0.2) is 153 Å². The zero-order valence-corrected chi connectivity index (χ0v) is 46.5. The largest absolute Gasteiger partial charge is 0.491 e. The zero-order chi connectivity index (χ0) is 60.1. The number of carbonyl (C=O) groups is 4. The van der Waals surface area contributed by atoms with E-state index in [2.05, 4.69) is 67.3 Å². The molecule has 0 saturated carbocycles. The number of aliphatic hydroxyl groups excluding tert-OH is 3. The van der Waals surface area contributed by atoms with Gasteiger partial charge in [-0.25, -0.2) is 0 Å². The van der Waals surface area contributed by atoms with Gasteiger partial charge in [-0.05, 0) is 72.8 Å². The van der Waals surface area contributed by atoms with Gasteiger partial charge in [0, 0.05) is 106 Å². The van der Waals surface area contributed by atoms with E-state index in [4.69, 9.17) is 47.4 Å². The third kappa shape index (κ3) is 17.1. The Bertz CT molecular complexity index is 3380. The van der Waals surface area contributed by atoms with Gasteiger partial charge < -0.3 is 62.7 Å². The van der Waals surface area contributed by atoms with Gasteiger partial charge in [0.25, 0.3) is 0 Å². The Labute approximate surface area is 489 Å². The van der Waals surface area contributed by atoms with Gasteiger partial charge in [0.2, 0.25) is 5.79 Å². The predicted octanol–water partition coefficient (Wildman–Crippen LogP) is 4.01. The standard InChI is InChI=1S/C64H58N4O17/c1-41(70)79-40-54-59(80-42(2)71)61(81-43(3)72)62(82-44(4)73)64(84-54,27-36-76-57-49(15-11-45-19-28-65-29-20-45)7-5-8-50(57)16-12-46-21-30-66-31-22-46)85-60-56(75)55(74)53(39-69)83-63(60)78-38-37-77-58-51(17-13-47-23-32-67-33-24-47)9-6-10-52(58)18-14-48-25-34-68-35-26-48/h5-10,19-26,28-35,53-56,59-63,69,74-75H,27,36-40H2,1-4H3/t53-,54-,55-,56+,59-,60-,61+,62-,63?,64?/m1/s1. The fourth-order valence-electron chi connectivity index (χ4n) is 8.93. The molecule has 2 aliphatic rings. The first-order valence-electron chi connectivity index (χ1n) is 26.6. The van der Waals surface area contributed by atoms with Crippen molar-refractivity contribution in [2.45, 2.75) is 95.0 Å². The summed E-state index contributed by atoms with van der Waals surface area (Å²) in [5.74, 6) is 19.3. The van der Waals surface area contributed by atoms with Crippen molar-refractivity contribution in [1.82, 2.24) is 19.9 Å². The third-order valence-electron chi connectivity index (χ3n) is 12.7. The molecule has 0 radical (unpaired) electrons. The number of pyridine rings is 4. The SMILES string of the molecule is CC(=O)OC[C@H]1OC(CCOc2c(C#Cc3ccncc3)cccc2C#Cc2ccncc2)(O[C@H]2C(OCCOc3c(C#Cc4ccncc4)cccc3C#Cc3ccncc3)O[C@H](CO)[C@@H](O)[C@@H]2O)[C@H](OC(C)=O)[C@@H](OC(C)=O)[C@@H]1OC(C)=O. The Morgan fingerprint density at radius 2 is 0.929 bits per heavy atom. The number of nitrogens with zero attached hydrogens (tertiary/aromatic N) is 4. The number of para-hydroxylation sites is 2. The Kier molecular flexibility index (Phi) is 21.8. The molecule has 8 rings (SSSR count). The maximum Gasteiger partial charge on any atom is 0.303 e. The highest BCUT2D eigenvalue weighted by molar-refractivity contribution is 5.69. The van der Waals surface area contributed by atoms with E-state index >= 15 is 0 Å². The van der Waals surface area contributed by atoms with Crippen LogP contribution in [0.5, 0.6) is 11.5 Å². The molecule has 3 N–H and O–H groups in total. The zero-order valence-electron chi connectivity index (χ0n) is 46.5. The molecule has 436 valence electrons. The van der Waals surface area contributed by atoms with Crippen LogP contribution in [0.2, 0.25) is 0 Å². The minimum atomic E-state index is -2.54. The van der Waals surface area contributed by atoms with Crippen LogP contribution >= 0.6 is 0 Å². The summed E-state index contributed by atoms with van der Waals surface area (Å²) in [5.41, 5.74) is 4.32. The topological polar surface area (TPSA) is 273 Å². The second kappa shape index (κ2) is 30.2. The van der Waals surface area contributed by atoms with Crippen molar-refractivity contribution < 1.29 is 81.9 Å². The lowest BCUT2D eigenvalue weighted by molar-refractivity contribution is -0.413. The number of aliphatic hydroxyl groups is 3. The number of ether oxygens (including phenoxy) is 10. The van der Waals surface area contributed by atoms with Gasteiger partial charge in [-0.1, -0.05) is 59.5 Å². The van der Waals surface area contributed by atoms with Gasteiger partial charge >= 0.3 is 23.9 Å². The highest BCUT2D eigenvalue weighted by Gasteiger charge is 2.63. The molecule has 21 nitrogen and oxygen atoms in total. The lowest BCUT2D eigenvalue weighted by Gasteiger charge is -2.53. The van der Waals surface area contributed by atoms with E-state index in [9.17, 15) is 34.5 Å². The van der Waals surface area contributed by atoms with E-state index in [0.717, 1.165) is 27.7 Å². The molecular weight excluding hydrogens is 1100 g/mol. The number of aromatic nitrogens is 4. The molecule has 0 spiro atoms. The molecule has 6 aromatic rings. The summed E-state index contributed by atoms with van der Waals surface area (Å²) in [7, 11) is 0. The first kappa shape index (κ1) is 61.5. The predicted molar refractivity (Wildman–Crippen MR) is 299 cm³/mol. The molecule has 2 unspecified atom stereocenters. The highest BCUT2D eigenvalue weighted by Crippen LogP contribution is 2.42. The molecule has 2 aromatic carbocycles. The summed E-state index contributed by atoms with van der Waals surface area (Å²) in [6.07, 6.45) is -3.65. The molecule has 85 heavy (non-hydrogen) atoms. The number of hydrogen-bond acceptors (Lipinski definition) is 21. The summed E-state index contributed by atoms with van der Waals surface area (Å²) in [5, 5.41) is 34.2. The number of esters is 4. The Morgan fingerprint density at radius 1 is 0.506 bits per heavy atom. The van der Waals surface area contributed by atoms with Crippen LogP contribution in [0.25, 0.3) is 0 Å². The van der Waals surface area contributed by atoms with Gasteiger partial charge in [0.1, 0.15) is 43.7 Å². The van der Waals surface area contributed by atoms with Crippen molar-refractivity contribution >= 4 is 23.9 Å². The van der Waals surface area contributed by atoms with Crippen LogP contribution in [-0.2, 0) is 57.1 Å². The molecule has 4 aromatic heterocycles. The molecule has 0 bridgehead atoms. The average molecular weight is 1160 g/mol. The van der Waals surface area contributed by atoms with Crippen molar-refractivity contribution in [3.8, 4) is 58.9 Å². The fourth-order valence-corrected chi connectivity index (χ4v) is 8.93. The quantitative estimate of drug-likeness (QED) is 0.0504. The molecule has 0 amide bonds. The fraction of sp³-hybridized carbons (Fsp3) is 0.312. The Hall–Kier alpha value is -9.52. The summed E-state index contributed by atoms with van der Waals surface area (Å²) in [6.45, 7) is 1.77. The molecule has 0 aliphatic carbocycles. The molecule has 2 fully saturated rings. The van der Waals surface area contributed by atoms with E-state index in [-0.39, 0.29) is 19.0 Å². The van der Waals surface area contributed by atoms with Crippen LogP contribution in [0.4, 0.5) is 0 Å². The van der Waals surface area contributed by atoms with Crippen molar-refractivity contribution in [2.24, 2.45) is 0 Å². The molecule has 10 atom stereocenters. The van der Waals surface area contributed by atoms with Crippen molar-refractivity contribution in [3.05, 3.63) is 179 Å². The normalized spacial score (nSPS) is 22.1. The van der Waals surface area contributed by atoms with E-state index in [1.165, 1.54) is 0 Å². The highest BCUT2D eigenvalue weighted by atomic mass is 16.8. The monoisotopic (exact) mass is 1150 g/mol. The number of benzene rings is 2. The van der Waals surface area contributed by atoms with Gasteiger partial charge in [0.15, 0.2) is 36.1 Å². The lowest BCUT2D eigenvalue weighted by Crippen LogP contribution is -2.72. The van der Waals surface area contributed by atoms with E-state index in [0.29, 0.717) is 50.3 Å². The van der Waals surface area contributed by atoms with Crippen LogP contribution in [0, 0.1) is 47.4 Å². The first-order valence-corrected chi connectivity index (χ1v) is 26.6. The third-order valence-corrected chi connectivity index (χ3v) is 12.7. The second-order valence-electron chi connectivity index (χ2n) is 18.9. The summed E-state index contributed by atoms with van der Waals surface area (Å²) >= 11 is 0. The summed E-state index contributed by atoms with van der Waals surface area (Å²) in [6, 6.07) is 24.3. The van der Waals surface area contributed by atoms with Gasteiger partial charge in [-0.2, -0.15) is 0 Å². The smallest absolute Gasteiger partial charge is 0.303 e. The summed E-state index contributed by atoms with van der Waals surface area (Å²) in [4.78, 5) is 68.2. The number of rotatable bonds is 17. The minimum absolute atomic E-state index is 0.172. The van der Waals surface area contributed by atoms with Gasteiger partial charge in [-0.3, -0.25) is 39.1 Å². The molecule has 2 saturated heterocycles. The van der Waals surface area contributed by atoms with E-state index in [1.54, 1.807) is 135 Å². The van der Waals surface area contributed by atoms with Crippen LogP contribution in [0.3, 0.4) is 0 Å². The van der Waals surface area contributed by atoms with Crippen molar-refractivity contribution in [1.29, 1.82) is 0 Å². The van der Waals surface area contributed by atoms with Crippen LogP contribution in [0.1, 0.15) is 78.6 Å². The van der Waals surface area contributed by atoms with Gasteiger partial charge in [-0.15, -0.1) is 0 Å².